The van der Waals surface area contributed by atoms with Crippen LogP contribution in [-0.4, -0.2) is 48.5 Å². The number of aromatic nitrogens is 4. The molecule has 8 heteroatoms. The largest absolute Gasteiger partial charge is 0.394 e. The number of hydrogen-bond acceptors (Lipinski definition) is 7. The van der Waals surface area contributed by atoms with Gasteiger partial charge >= 0.3 is 0 Å². The van der Waals surface area contributed by atoms with Gasteiger partial charge in [0.25, 0.3) is 0 Å². The number of aliphatic hydroxyl groups is 2. The molecule has 1 fully saturated rings. The molecule has 3 rings (SSSR count). The van der Waals surface area contributed by atoms with E-state index in [4.69, 9.17) is 15.6 Å². The molecule has 3 atom stereocenters. The fourth-order valence-corrected chi connectivity index (χ4v) is 2.49. The number of aliphatic hydroxyl groups excluding tert-OH is 2. The SMILES string of the molecule is C[C@]1(n2cnc3c(N)ncnc32)C[C@H](O)[C@@H](CO)O1. The standard InChI is InChI=1S/C11H15N5O3/c1-11(2-6(18)7(3-17)19-11)16-5-15-8-9(12)13-4-14-10(8)16/h4-7,17-18H,2-3H2,1H3,(H2,12,13,14)/t6-,7+,11+/m0/s1. The lowest BCUT2D eigenvalue weighted by Crippen LogP contribution is -2.30. The first-order valence-electron chi connectivity index (χ1n) is 5.96. The minimum atomic E-state index is -0.817. The summed E-state index contributed by atoms with van der Waals surface area (Å²) in [5.74, 6) is 0.296. The maximum absolute atomic E-state index is 9.87. The molecule has 4 N–H and O–H groups in total. The number of ether oxygens (including phenoxy) is 1. The van der Waals surface area contributed by atoms with Gasteiger partial charge in [-0.2, -0.15) is 0 Å². The van der Waals surface area contributed by atoms with Gasteiger partial charge in [-0.1, -0.05) is 0 Å². The zero-order valence-electron chi connectivity index (χ0n) is 10.4. The first-order valence-corrected chi connectivity index (χ1v) is 5.96. The Hall–Kier alpha value is -1.77. The van der Waals surface area contributed by atoms with Gasteiger partial charge in [0.15, 0.2) is 11.5 Å². The molecule has 102 valence electrons. The minimum Gasteiger partial charge on any atom is -0.394 e. The third-order valence-electron chi connectivity index (χ3n) is 3.47. The van der Waals surface area contributed by atoms with E-state index >= 15 is 0 Å². The molecule has 0 unspecified atom stereocenters. The first-order chi connectivity index (χ1) is 9.05. The van der Waals surface area contributed by atoms with Crippen LogP contribution in [0.4, 0.5) is 5.82 Å². The van der Waals surface area contributed by atoms with Crippen molar-refractivity contribution in [2.45, 2.75) is 31.3 Å². The molecule has 19 heavy (non-hydrogen) atoms. The second kappa shape index (κ2) is 4.12. The van der Waals surface area contributed by atoms with Gasteiger partial charge in [0.1, 0.15) is 23.7 Å². The summed E-state index contributed by atoms with van der Waals surface area (Å²) in [6, 6.07) is 0. The Morgan fingerprint density at radius 2 is 2.32 bits per heavy atom. The van der Waals surface area contributed by atoms with Crippen molar-refractivity contribution in [3.63, 3.8) is 0 Å². The highest BCUT2D eigenvalue weighted by Gasteiger charge is 2.44. The van der Waals surface area contributed by atoms with E-state index in [0.717, 1.165) is 0 Å². The molecule has 0 saturated carbocycles. The van der Waals surface area contributed by atoms with Crippen LogP contribution >= 0.6 is 0 Å². The summed E-state index contributed by atoms with van der Waals surface area (Å²) >= 11 is 0. The van der Waals surface area contributed by atoms with Gasteiger partial charge in [-0.3, -0.25) is 4.57 Å². The smallest absolute Gasteiger partial charge is 0.167 e. The molecule has 0 spiro atoms. The Morgan fingerprint density at radius 1 is 1.53 bits per heavy atom. The van der Waals surface area contributed by atoms with Crippen LogP contribution < -0.4 is 5.73 Å². The van der Waals surface area contributed by atoms with E-state index in [1.807, 2.05) is 6.92 Å². The normalized spacial score (nSPS) is 31.1. The van der Waals surface area contributed by atoms with Crippen LogP contribution in [0.2, 0.25) is 0 Å². The highest BCUT2D eigenvalue weighted by molar-refractivity contribution is 5.81. The van der Waals surface area contributed by atoms with Crippen molar-refractivity contribution in [2.24, 2.45) is 0 Å². The van der Waals surface area contributed by atoms with Gasteiger partial charge < -0.3 is 20.7 Å². The average Bonchev–Trinajstić information content (AvgIpc) is 2.92. The number of fused-ring (bicyclic) bond motifs is 1. The zero-order chi connectivity index (χ0) is 13.6. The lowest BCUT2D eigenvalue weighted by Gasteiger charge is -2.26. The van der Waals surface area contributed by atoms with Crippen molar-refractivity contribution in [1.29, 1.82) is 0 Å². The van der Waals surface area contributed by atoms with E-state index in [-0.39, 0.29) is 6.61 Å². The van der Waals surface area contributed by atoms with Crippen molar-refractivity contribution in [3.05, 3.63) is 12.7 Å². The van der Waals surface area contributed by atoms with E-state index in [9.17, 15) is 5.11 Å². The summed E-state index contributed by atoms with van der Waals surface area (Å²) in [7, 11) is 0. The molecular formula is C11H15N5O3. The van der Waals surface area contributed by atoms with Crippen LogP contribution in [0.25, 0.3) is 11.2 Å². The molecule has 3 heterocycles. The van der Waals surface area contributed by atoms with Crippen molar-refractivity contribution in [3.8, 4) is 0 Å². The summed E-state index contributed by atoms with van der Waals surface area (Å²) in [6.45, 7) is 1.58. The molecule has 1 aliphatic rings. The molecule has 0 radical (unpaired) electrons. The summed E-state index contributed by atoms with van der Waals surface area (Å²) < 4.78 is 7.43. The molecule has 0 amide bonds. The third-order valence-corrected chi connectivity index (χ3v) is 3.47. The Bertz CT molecular complexity index is 615. The second-order valence-electron chi connectivity index (χ2n) is 4.83. The van der Waals surface area contributed by atoms with Crippen LogP contribution in [0.3, 0.4) is 0 Å². The fraction of sp³-hybridized carbons (Fsp3) is 0.545. The van der Waals surface area contributed by atoms with E-state index in [2.05, 4.69) is 15.0 Å². The van der Waals surface area contributed by atoms with Gasteiger partial charge in [-0.25, -0.2) is 15.0 Å². The number of rotatable bonds is 2. The number of nitrogens with zero attached hydrogens (tertiary/aromatic N) is 4. The van der Waals surface area contributed by atoms with Crippen LogP contribution in [-0.2, 0) is 10.5 Å². The van der Waals surface area contributed by atoms with Crippen molar-refractivity contribution in [1.82, 2.24) is 19.5 Å². The number of imidazole rings is 1. The molecule has 2 aromatic rings. The monoisotopic (exact) mass is 265 g/mol. The van der Waals surface area contributed by atoms with Gasteiger partial charge in [0.05, 0.1) is 19.0 Å². The Morgan fingerprint density at radius 3 is 3.00 bits per heavy atom. The Labute approximate surface area is 108 Å². The minimum absolute atomic E-state index is 0.236. The van der Waals surface area contributed by atoms with Gasteiger partial charge in [-0.15, -0.1) is 0 Å². The fourth-order valence-electron chi connectivity index (χ4n) is 2.49. The predicted octanol–water partition coefficient (Wildman–Crippen LogP) is -0.777. The Balaban J connectivity index is 2.08. The lowest BCUT2D eigenvalue weighted by molar-refractivity contribution is -0.103. The number of nitrogens with two attached hydrogens (primary N) is 1. The van der Waals surface area contributed by atoms with Crippen LogP contribution in [0.5, 0.6) is 0 Å². The van der Waals surface area contributed by atoms with Gasteiger partial charge in [-0.05, 0) is 6.92 Å². The van der Waals surface area contributed by atoms with E-state index in [0.29, 0.717) is 23.4 Å². The molecule has 0 aromatic carbocycles. The van der Waals surface area contributed by atoms with Crippen molar-refractivity contribution >= 4 is 17.0 Å². The highest BCUT2D eigenvalue weighted by Crippen LogP contribution is 2.36. The molecule has 8 nitrogen and oxygen atoms in total. The topological polar surface area (TPSA) is 119 Å². The molecular weight excluding hydrogens is 250 g/mol. The summed E-state index contributed by atoms with van der Waals surface area (Å²) in [5.41, 5.74) is 5.95. The zero-order valence-corrected chi connectivity index (χ0v) is 10.4. The highest BCUT2D eigenvalue weighted by atomic mass is 16.6. The van der Waals surface area contributed by atoms with Crippen molar-refractivity contribution < 1.29 is 14.9 Å². The average molecular weight is 265 g/mol. The van der Waals surface area contributed by atoms with Crippen molar-refractivity contribution in [2.75, 3.05) is 12.3 Å². The molecule has 1 aliphatic heterocycles. The molecule has 1 saturated heterocycles. The molecule has 0 aliphatic carbocycles. The van der Waals surface area contributed by atoms with E-state index in [1.165, 1.54) is 6.33 Å². The summed E-state index contributed by atoms with van der Waals surface area (Å²) in [4.78, 5) is 12.2. The van der Waals surface area contributed by atoms with Gasteiger partial charge in [0.2, 0.25) is 0 Å². The first kappa shape index (κ1) is 12.3. The number of nitrogen functional groups attached to an aromatic ring is 1. The maximum Gasteiger partial charge on any atom is 0.167 e. The second-order valence-corrected chi connectivity index (χ2v) is 4.83. The summed E-state index contributed by atoms with van der Waals surface area (Å²) in [5, 5.41) is 19.0. The summed E-state index contributed by atoms with van der Waals surface area (Å²) in [6.07, 6.45) is 1.91. The lowest BCUT2D eigenvalue weighted by atomic mass is 10.1. The Kier molecular flexibility index (Phi) is 2.66. The van der Waals surface area contributed by atoms with Crippen LogP contribution in [0, 0.1) is 0 Å². The van der Waals surface area contributed by atoms with Gasteiger partial charge in [0, 0.05) is 6.42 Å². The third kappa shape index (κ3) is 1.76. The predicted molar refractivity (Wildman–Crippen MR) is 66.0 cm³/mol. The number of anilines is 1. The van der Waals surface area contributed by atoms with E-state index < -0.39 is 17.9 Å². The van der Waals surface area contributed by atoms with E-state index in [1.54, 1.807) is 10.9 Å². The number of hydrogen-bond donors (Lipinski definition) is 3. The van der Waals surface area contributed by atoms with Crippen LogP contribution in [0.15, 0.2) is 12.7 Å². The maximum atomic E-state index is 9.87. The molecule has 0 bridgehead atoms. The molecule has 2 aromatic heterocycles. The quantitative estimate of drug-likeness (QED) is 0.651. The van der Waals surface area contributed by atoms with Crippen LogP contribution in [0.1, 0.15) is 13.3 Å².